The molecule has 4 aromatic carbocycles. The Kier molecular flexibility index (Phi) is 10.8. The third-order valence-corrected chi connectivity index (χ3v) is 14.1. The number of hydrogen-bond donors (Lipinski definition) is 0. The molecule has 1 saturated carbocycles. The summed E-state index contributed by atoms with van der Waals surface area (Å²) < 4.78 is 296. The molecule has 1 fully saturated rings. The lowest BCUT2D eigenvalue weighted by atomic mass is 9.12. The average molecular weight is 838 g/mol. The van der Waals surface area contributed by atoms with Gasteiger partial charge in [0, 0.05) is 5.19 Å². The summed E-state index contributed by atoms with van der Waals surface area (Å²) in [5, 5.41) is -1.63. The first-order chi connectivity index (χ1) is 25.7. The van der Waals surface area contributed by atoms with Gasteiger partial charge in [-0.2, -0.15) is 0 Å². The monoisotopic (exact) mass is 838 g/mol. The van der Waals surface area contributed by atoms with E-state index in [9.17, 15) is 39.5 Å². The van der Waals surface area contributed by atoms with Crippen molar-refractivity contribution in [2.45, 2.75) is 40.8 Å². The van der Waals surface area contributed by atoms with E-state index in [1.54, 1.807) is 0 Å². The molecule has 0 heterocycles. The van der Waals surface area contributed by atoms with E-state index >= 15 is 43.9 Å². The van der Waals surface area contributed by atoms with Gasteiger partial charge in [-0.3, -0.25) is 0 Å². The predicted octanol–water partition coefficient (Wildman–Crippen LogP) is 8.13. The van der Waals surface area contributed by atoms with E-state index in [0.29, 0.717) is 11.8 Å². The van der Waals surface area contributed by atoms with Crippen LogP contribution in [0, 0.1) is 140 Å². The number of hydrogen-bond acceptors (Lipinski definition) is 0. The van der Waals surface area contributed by atoms with Crippen LogP contribution in [0.4, 0.5) is 83.4 Å². The SMILES string of the molecule is C[C]1[C](C)[C](C)[C]([Si](C)(C)c2c(F)c(F)c([B-](c3c(F)c(F)c(F)c(F)c3F)(c3c(F)c(F)c(F)c(F)c3F)c3c(F)c(F)c(F)c(F)c3F)c(F)c2F)[C]1C. The van der Waals surface area contributed by atoms with Crippen LogP contribution < -0.4 is 27.0 Å². The fourth-order valence-corrected chi connectivity index (χ4v) is 11.5. The van der Waals surface area contributed by atoms with Gasteiger partial charge < -0.3 is 0 Å². The van der Waals surface area contributed by atoms with Crippen LogP contribution in [0.1, 0.15) is 27.7 Å². The van der Waals surface area contributed by atoms with Gasteiger partial charge in [-0.15, -0.1) is 21.9 Å². The normalized spacial score (nSPS) is 15.6. The van der Waals surface area contributed by atoms with Crippen LogP contribution in [0.25, 0.3) is 0 Å². The third kappa shape index (κ3) is 5.44. The van der Waals surface area contributed by atoms with Gasteiger partial charge in [0.1, 0.15) is 52.7 Å². The van der Waals surface area contributed by atoms with Gasteiger partial charge in [-0.05, 0) is 29.2 Å². The molecule has 1 aliphatic rings. The van der Waals surface area contributed by atoms with Crippen molar-refractivity contribution in [3.05, 3.63) is 140 Å². The zero-order valence-electron chi connectivity index (χ0n) is 28.8. The lowest BCUT2D eigenvalue weighted by Crippen LogP contribution is -2.81. The van der Waals surface area contributed by atoms with Crippen LogP contribution in [-0.4, -0.2) is 14.2 Å². The van der Waals surface area contributed by atoms with Crippen molar-refractivity contribution in [3.8, 4) is 0 Å². The maximum Gasteiger partial charge on any atom is 0.200 e. The Morgan fingerprint density at radius 2 is 0.446 bits per heavy atom. The molecule has 1 aliphatic carbocycles. The highest BCUT2D eigenvalue weighted by Gasteiger charge is 2.56. The Hall–Kier alpha value is -4.17. The molecule has 21 heteroatoms. The largest absolute Gasteiger partial charge is 0.207 e. The van der Waals surface area contributed by atoms with E-state index in [1.165, 1.54) is 27.7 Å². The van der Waals surface area contributed by atoms with Crippen molar-refractivity contribution >= 4 is 41.3 Å². The predicted molar refractivity (Wildman–Crippen MR) is 165 cm³/mol. The van der Waals surface area contributed by atoms with Gasteiger partial charge >= 0.3 is 0 Å². The molecule has 0 bridgehead atoms. The molecule has 0 unspecified atom stereocenters. The van der Waals surface area contributed by atoms with Gasteiger partial charge in [-0.25, -0.2) is 83.4 Å². The molecule has 0 N–H and O–H groups in total. The molecule has 299 valence electrons. The molecule has 0 aliphatic heterocycles. The van der Waals surface area contributed by atoms with Crippen LogP contribution in [-0.2, 0) is 0 Å². The first-order valence-electron chi connectivity index (χ1n) is 15.5. The summed E-state index contributed by atoms with van der Waals surface area (Å²) in [4.78, 5) is 0. The standard InChI is InChI=1S/C35H18BF19Si/c1-7-8(2)10(4)34(9(7)3)56(5,6)35-32(54)21(43)14(22(44)33(35)55)36(11-15(37)23(45)29(51)24(46)16(11)38,12-17(39)25(47)30(52)26(48)18(12)40)13-19(41)27(49)31(53)28(50)20(13)42/h1-6H3/q-1. The van der Waals surface area contributed by atoms with E-state index in [-0.39, 0.29) is 17.4 Å². The summed E-state index contributed by atoms with van der Waals surface area (Å²) in [5.74, 6) is -63.0. The Morgan fingerprint density at radius 1 is 0.268 bits per heavy atom. The van der Waals surface area contributed by atoms with Crippen molar-refractivity contribution in [2.75, 3.05) is 0 Å². The van der Waals surface area contributed by atoms with Gasteiger partial charge in [0.15, 0.2) is 64.0 Å². The summed E-state index contributed by atoms with van der Waals surface area (Å²) in [7, 11) is -4.34. The average Bonchev–Trinajstić information content (AvgIpc) is 3.34. The Labute approximate surface area is 305 Å². The van der Waals surface area contributed by atoms with Gasteiger partial charge in [-0.1, -0.05) is 40.8 Å². The van der Waals surface area contributed by atoms with E-state index in [2.05, 4.69) is 0 Å². The highest BCUT2D eigenvalue weighted by Crippen LogP contribution is 2.55. The zero-order chi connectivity index (χ0) is 42.7. The minimum Gasteiger partial charge on any atom is -0.207 e. The summed E-state index contributed by atoms with van der Waals surface area (Å²) in [6, 6.07) is 0. The Morgan fingerprint density at radius 3 is 0.661 bits per heavy atom. The Balaban J connectivity index is 2.23. The molecule has 0 amide bonds. The molecular weight excluding hydrogens is 820 g/mol. The van der Waals surface area contributed by atoms with E-state index < -0.39 is 152 Å². The topological polar surface area (TPSA) is 0 Å². The summed E-state index contributed by atoms with van der Waals surface area (Å²) in [5.41, 5.74) is -13.6. The minimum atomic E-state index is -7.15. The summed E-state index contributed by atoms with van der Waals surface area (Å²) in [6.45, 7) is 7.94. The molecule has 5 radical (unpaired) electrons. The molecular formula is C35H18BF19Si-. The lowest BCUT2D eigenvalue weighted by molar-refractivity contribution is 0.379. The van der Waals surface area contributed by atoms with E-state index in [0.717, 1.165) is 13.1 Å². The van der Waals surface area contributed by atoms with Crippen molar-refractivity contribution in [3.63, 3.8) is 0 Å². The fraction of sp³-hybridized carbons (Fsp3) is 0.171. The molecule has 56 heavy (non-hydrogen) atoms. The van der Waals surface area contributed by atoms with E-state index in [1.807, 2.05) is 0 Å². The summed E-state index contributed by atoms with van der Waals surface area (Å²) >= 11 is 0. The van der Waals surface area contributed by atoms with Crippen LogP contribution >= 0.6 is 0 Å². The molecule has 4 aromatic rings. The Bertz CT molecular complexity index is 2050. The van der Waals surface area contributed by atoms with Crippen LogP contribution in [0.5, 0.6) is 0 Å². The fourth-order valence-electron chi connectivity index (χ4n) is 7.73. The maximum absolute atomic E-state index is 17.0. The number of rotatable bonds is 6. The second-order valence-corrected chi connectivity index (χ2v) is 17.6. The van der Waals surface area contributed by atoms with Crippen molar-refractivity contribution < 1.29 is 83.4 Å². The van der Waals surface area contributed by atoms with Crippen molar-refractivity contribution in [1.29, 1.82) is 0 Å². The molecule has 0 spiro atoms. The quantitative estimate of drug-likeness (QED) is 0.0798. The smallest absolute Gasteiger partial charge is 0.200 e. The van der Waals surface area contributed by atoms with Crippen LogP contribution in [0.3, 0.4) is 0 Å². The molecule has 0 saturated heterocycles. The van der Waals surface area contributed by atoms with Crippen LogP contribution in [0.2, 0.25) is 13.1 Å². The lowest BCUT2D eigenvalue weighted by Gasteiger charge is -2.45. The third-order valence-electron chi connectivity index (χ3n) is 10.4. The minimum absolute atomic E-state index is 0.0490. The first-order valence-corrected chi connectivity index (χ1v) is 18.5. The van der Waals surface area contributed by atoms with Crippen molar-refractivity contribution in [2.24, 2.45) is 0 Å². The van der Waals surface area contributed by atoms with Crippen molar-refractivity contribution in [1.82, 2.24) is 0 Å². The molecule has 0 nitrogen and oxygen atoms in total. The second kappa shape index (κ2) is 14.0. The van der Waals surface area contributed by atoms with Gasteiger partial charge in [0.2, 0.25) is 0 Å². The van der Waals surface area contributed by atoms with Gasteiger partial charge in [0.05, 0.1) is 8.07 Å². The summed E-state index contributed by atoms with van der Waals surface area (Å²) in [6.07, 6.45) is -7.15. The zero-order valence-corrected chi connectivity index (χ0v) is 29.8. The highest BCUT2D eigenvalue weighted by molar-refractivity contribution is 7.20. The first kappa shape index (κ1) is 43.0. The maximum atomic E-state index is 17.0. The molecule has 5 rings (SSSR count). The molecule has 0 atom stereocenters. The highest BCUT2D eigenvalue weighted by atomic mass is 28.3. The number of halogens is 19. The van der Waals surface area contributed by atoms with Gasteiger partial charge in [0.25, 0.3) is 0 Å². The number of benzene rings is 4. The van der Waals surface area contributed by atoms with E-state index in [4.69, 9.17) is 0 Å². The second-order valence-electron chi connectivity index (χ2n) is 13.4. The molecule has 0 aromatic heterocycles. The van der Waals surface area contributed by atoms with Crippen LogP contribution in [0.15, 0.2) is 0 Å².